The van der Waals surface area contributed by atoms with E-state index in [1.54, 1.807) is 0 Å². The first-order chi connectivity index (χ1) is 10.3. The van der Waals surface area contributed by atoms with Gasteiger partial charge in [-0.15, -0.1) is 0 Å². The molecular weight excluding hydrogens is 286 g/mol. The number of aromatic nitrogens is 3. The fourth-order valence-electron chi connectivity index (χ4n) is 2.77. The molecule has 0 spiro atoms. The van der Waals surface area contributed by atoms with Crippen LogP contribution in [0.25, 0.3) is 0 Å². The van der Waals surface area contributed by atoms with Crippen LogP contribution in [0.3, 0.4) is 0 Å². The van der Waals surface area contributed by atoms with Crippen molar-refractivity contribution in [3.8, 4) is 0 Å². The molecule has 0 aliphatic carbocycles. The maximum Gasteiger partial charge on any atom is 0.243 e. The van der Waals surface area contributed by atoms with Crippen LogP contribution in [-0.4, -0.2) is 45.6 Å². The predicted molar refractivity (Wildman–Crippen MR) is 87.7 cm³/mol. The van der Waals surface area contributed by atoms with Gasteiger partial charge in [0.15, 0.2) is 0 Å². The molecule has 2 saturated heterocycles. The first-order valence-corrected chi connectivity index (χ1v) is 8.82. The highest BCUT2D eigenvalue weighted by atomic mass is 32.2. The van der Waals surface area contributed by atoms with Gasteiger partial charge in [-0.1, -0.05) is 0 Å². The minimum Gasteiger partial charge on any atom is -0.350 e. The van der Waals surface area contributed by atoms with E-state index in [1.807, 2.05) is 11.8 Å². The molecule has 0 amide bonds. The molecule has 3 rings (SSSR count). The van der Waals surface area contributed by atoms with Crippen LogP contribution in [0, 0.1) is 0 Å². The van der Waals surface area contributed by atoms with E-state index < -0.39 is 0 Å². The van der Waals surface area contributed by atoms with E-state index in [2.05, 4.69) is 30.6 Å². The van der Waals surface area contributed by atoms with Crippen LogP contribution in [0.15, 0.2) is 0 Å². The molecule has 3 heterocycles. The van der Waals surface area contributed by atoms with Gasteiger partial charge in [0, 0.05) is 24.9 Å². The third-order valence-corrected chi connectivity index (χ3v) is 5.10. The molecule has 1 aromatic rings. The van der Waals surface area contributed by atoms with Crippen LogP contribution in [0.2, 0.25) is 0 Å². The van der Waals surface area contributed by atoms with Crippen molar-refractivity contribution in [2.24, 2.45) is 5.84 Å². The minimum atomic E-state index is 0.427. The van der Waals surface area contributed by atoms with Crippen molar-refractivity contribution in [3.05, 3.63) is 0 Å². The second kappa shape index (κ2) is 7.13. The lowest BCUT2D eigenvalue weighted by molar-refractivity contribution is 0.567. The molecule has 0 aromatic carbocycles. The van der Waals surface area contributed by atoms with E-state index in [0.29, 0.717) is 17.9 Å². The van der Waals surface area contributed by atoms with Gasteiger partial charge < -0.3 is 10.2 Å². The highest BCUT2D eigenvalue weighted by Gasteiger charge is 2.19. The number of nitrogens with zero attached hydrogens (tertiary/aromatic N) is 4. The van der Waals surface area contributed by atoms with E-state index in [-0.39, 0.29) is 0 Å². The number of anilines is 3. The third kappa shape index (κ3) is 3.88. The molecule has 2 aliphatic rings. The molecule has 7 nitrogen and oxygen atoms in total. The van der Waals surface area contributed by atoms with Crippen molar-refractivity contribution in [2.75, 3.05) is 40.2 Å². The molecule has 1 unspecified atom stereocenters. The number of hydrogen-bond acceptors (Lipinski definition) is 8. The summed E-state index contributed by atoms with van der Waals surface area (Å²) in [5, 5.41) is 3.43. The lowest BCUT2D eigenvalue weighted by Gasteiger charge is -2.27. The van der Waals surface area contributed by atoms with Crippen molar-refractivity contribution in [1.29, 1.82) is 0 Å². The van der Waals surface area contributed by atoms with E-state index in [0.717, 1.165) is 24.8 Å². The van der Waals surface area contributed by atoms with Gasteiger partial charge in [-0.25, -0.2) is 5.84 Å². The Morgan fingerprint density at radius 2 is 1.86 bits per heavy atom. The monoisotopic (exact) mass is 309 g/mol. The van der Waals surface area contributed by atoms with Crippen LogP contribution in [0.4, 0.5) is 17.8 Å². The summed E-state index contributed by atoms with van der Waals surface area (Å²) in [6.07, 6.45) is 6.09. The van der Waals surface area contributed by atoms with Crippen molar-refractivity contribution in [3.63, 3.8) is 0 Å². The number of thioether (sulfide) groups is 1. The molecule has 116 valence electrons. The second-order valence-electron chi connectivity index (χ2n) is 5.53. The number of nitrogens with one attached hydrogen (secondary N) is 2. The quantitative estimate of drug-likeness (QED) is 0.568. The van der Waals surface area contributed by atoms with E-state index in [9.17, 15) is 0 Å². The molecule has 1 atom stereocenters. The Labute approximate surface area is 129 Å². The standard InChI is InChI=1S/C13H23N7S/c14-19-12-16-11(15-10-5-4-8-21-9-10)17-13(18-12)20-6-2-1-3-7-20/h10H,1-9,14H2,(H2,15,16,17,18,19). The first-order valence-electron chi connectivity index (χ1n) is 7.67. The number of rotatable bonds is 4. The maximum atomic E-state index is 5.50. The zero-order chi connectivity index (χ0) is 14.5. The molecule has 2 fully saturated rings. The summed E-state index contributed by atoms with van der Waals surface area (Å²) in [6, 6.07) is 0.436. The van der Waals surface area contributed by atoms with Crippen LogP contribution in [0.1, 0.15) is 32.1 Å². The molecule has 0 radical (unpaired) electrons. The summed E-state index contributed by atoms with van der Waals surface area (Å²) in [7, 11) is 0. The fraction of sp³-hybridized carbons (Fsp3) is 0.769. The SMILES string of the molecule is NNc1nc(NC2CCCSC2)nc(N2CCCCC2)n1. The van der Waals surface area contributed by atoms with E-state index in [1.165, 1.54) is 37.9 Å². The van der Waals surface area contributed by atoms with Crippen LogP contribution in [0.5, 0.6) is 0 Å². The Bertz CT molecular complexity index is 458. The lowest BCUT2D eigenvalue weighted by Crippen LogP contribution is -2.32. The zero-order valence-electron chi connectivity index (χ0n) is 12.2. The van der Waals surface area contributed by atoms with Gasteiger partial charge in [-0.2, -0.15) is 26.7 Å². The van der Waals surface area contributed by atoms with Gasteiger partial charge >= 0.3 is 0 Å². The average Bonchev–Trinajstić information content (AvgIpc) is 2.56. The molecular formula is C13H23N7S. The normalized spacial score (nSPS) is 22.9. The predicted octanol–water partition coefficient (Wildman–Crippen LogP) is 1.45. The van der Waals surface area contributed by atoms with Gasteiger partial charge in [0.2, 0.25) is 17.8 Å². The molecule has 0 saturated carbocycles. The molecule has 21 heavy (non-hydrogen) atoms. The third-order valence-electron chi connectivity index (χ3n) is 3.89. The smallest absolute Gasteiger partial charge is 0.243 e. The molecule has 4 N–H and O–H groups in total. The van der Waals surface area contributed by atoms with Gasteiger partial charge in [0.05, 0.1) is 0 Å². The molecule has 2 aliphatic heterocycles. The van der Waals surface area contributed by atoms with Crippen LogP contribution in [-0.2, 0) is 0 Å². The lowest BCUT2D eigenvalue weighted by atomic mass is 10.1. The topological polar surface area (TPSA) is 92.0 Å². The van der Waals surface area contributed by atoms with Crippen molar-refractivity contribution >= 4 is 29.6 Å². The fourth-order valence-corrected chi connectivity index (χ4v) is 3.84. The summed E-state index contributed by atoms with van der Waals surface area (Å²) in [5.74, 6) is 9.64. The minimum absolute atomic E-state index is 0.427. The van der Waals surface area contributed by atoms with Crippen LogP contribution < -0.4 is 21.5 Å². The summed E-state index contributed by atoms with van der Waals surface area (Å²) in [4.78, 5) is 15.5. The number of hydrazine groups is 1. The summed E-state index contributed by atoms with van der Waals surface area (Å²) >= 11 is 1.98. The molecule has 0 bridgehead atoms. The Kier molecular flexibility index (Phi) is 4.97. The van der Waals surface area contributed by atoms with Crippen molar-refractivity contribution < 1.29 is 0 Å². The Balaban J connectivity index is 1.75. The average molecular weight is 309 g/mol. The number of hydrogen-bond donors (Lipinski definition) is 3. The highest BCUT2D eigenvalue weighted by molar-refractivity contribution is 7.99. The summed E-state index contributed by atoms with van der Waals surface area (Å²) in [6.45, 7) is 2.01. The van der Waals surface area contributed by atoms with Crippen molar-refractivity contribution in [2.45, 2.75) is 38.1 Å². The van der Waals surface area contributed by atoms with Gasteiger partial charge in [-0.3, -0.25) is 5.43 Å². The van der Waals surface area contributed by atoms with Gasteiger partial charge in [-0.05, 0) is 37.9 Å². The van der Waals surface area contributed by atoms with Gasteiger partial charge in [0.1, 0.15) is 0 Å². The molecule has 1 aromatic heterocycles. The van der Waals surface area contributed by atoms with Crippen molar-refractivity contribution in [1.82, 2.24) is 15.0 Å². The maximum absolute atomic E-state index is 5.50. The summed E-state index contributed by atoms with van der Waals surface area (Å²) in [5.41, 5.74) is 2.55. The van der Waals surface area contributed by atoms with Gasteiger partial charge in [0.25, 0.3) is 0 Å². The Morgan fingerprint density at radius 1 is 1.05 bits per heavy atom. The zero-order valence-corrected chi connectivity index (χ0v) is 13.0. The molecule has 8 heteroatoms. The Hall–Kier alpha value is -1.28. The number of nitrogen functional groups attached to an aromatic ring is 1. The number of nitrogens with two attached hydrogens (primary N) is 1. The van der Waals surface area contributed by atoms with E-state index in [4.69, 9.17) is 5.84 Å². The Morgan fingerprint density at radius 3 is 2.57 bits per heavy atom. The number of piperidine rings is 1. The first kappa shape index (κ1) is 14.6. The van der Waals surface area contributed by atoms with E-state index >= 15 is 0 Å². The second-order valence-corrected chi connectivity index (χ2v) is 6.68. The summed E-state index contributed by atoms with van der Waals surface area (Å²) < 4.78 is 0. The largest absolute Gasteiger partial charge is 0.350 e. The highest BCUT2D eigenvalue weighted by Crippen LogP contribution is 2.22. The van der Waals surface area contributed by atoms with Crippen LogP contribution >= 0.6 is 11.8 Å².